The summed E-state index contributed by atoms with van der Waals surface area (Å²) < 4.78 is 0. The van der Waals surface area contributed by atoms with Gasteiger partial charge in [0.1, 0.15) is 0 Å². The summed E-state index contributed by atoms with van der Waals surface area (Å²) in [6.07, 6.45) is 4.13. The Morgan fingerprint density at radius 2 is 2.27 bits per heavy atom. The van der Waals surface area contributed by atoms with Gasteiger partial charge in [-0.25, -0.2) is 10.2 Å². The topological polar surface area (TPSA) is 78.1 Å². The SMILES string of the molecule is O=C(Nc1ccncc1)NC1CCNN1. The van der Waals surface area contributed by atoms with Gasteiger partial charge in [-0.3, -0.25) is 10.4 Å². The van der Waals surface area contributed by atoms with Gasteiger partial charge in [-0.1, -0.05) is 0 Å². The molecule has 0 aromatic carbocycles. The average molecular weight is 207 g/mol. The lowest BCUT2D eigenvalue weighted by molar-refractivity contribution is 0.247. The minimum Gasteiger partial charge on any atom is -0.321 e. The van der Waals surface area contributed by atoms with E-state index in [1.807, 2.05) is 0 Å². The van der Waals surface area contributed by atoms with E-state index in [0.717, 1.165) is 18.7 Å². The minimum absolute atomic E-state index is 0.00756. The van der Waals surface area contributed by atoms with Crippen LogP contribution < -0.4 is 21.5 Å². The van der Waals surface area contributed by atoms with E-state index in [1.54, 1.807) is 24.5 Å². The van der Waals surface area contributed by atoms with Crippen LogP contribution in [0.3, 0.4) is 0 Å². The van der Waals surface area contributed by atoms with E-state index in [1.165, 1.54) is 0 Å². The first-order valence-corrected chi connectivity index (χ1v) is 4.80. The number of carbonyl (C=O) groups is 1. The Hall–Kier alpha value is -1.66. The number of nitrogens with one attached hydrogen (secondary N) is 4. The Labute approximate surface area is 87.4 Å². The highest BCUT2D eigenvalue weighted by molar-refractivity contribution is 5.89. The Morgan fingerprint density at radius 3 is 2.93 bits per heavy atom. The maximum atomic E-state index is 11.5. The molecule has 1 atom stereocenters. The van der Waals surface area contributed by atoms with Gasteiger partial charge in [0.2, 0.25) is 0 Å². The molecule has 0 spiro atoms. The molecule has 80 valence electrons. The van der Waals surface area contributed by atoms with Gasteiger partial charge >= 0.3 is 6.03 Å². The van der Waals surface area contributed by atoms with Crippen molar-refractivity contribution in [1.29, 1.82) is 0 Å². The van der Waals surface area contributed by atoms with Crippen LogP contribution in [0.4, 0.5) is 10.5 Å². The molecule has 1 aromatic heterocycles. The standard InChI is InChI=1S/C9H13N5O/c15-9(13-8-3-6-11-14-8)12-7-1-4-10-5-2-7/h1-2,4-5,8,11,14H,3,6H2,(H2,10,12,13,15). The van der Waals surface area contributed by atoms with Crippen LogP contribution in [0.15, 0.2) is 24.5 Å². The largest absolute Gasteiger partial charge is 0.321 e. The van der Waals surface area contributed by atoms with Crippen molar-refractivity contribution in [3.05, 3.63) is 24.5 Å². The van der Waals surface area contributed by atoms with Crippen molar-refractivity contribution in [2.75, 3.05) is 11.9 Å². The molecule has 2 heterocycles. The van der Waals surface area contributed by atoms with Crippen LogP contribution in [0.1, 0.15) is 6.42 Å². The van der Waals surface area contributed by atoms with Crippen molar-refractivity contribution >= 4 is 11.7 Å². The number of hydrogen-bond acceptors (Lipinski definition) is 4. The lowest BCUT2D eigenvalue weighted by atomic mass is 10.4. The summed E-state index contributed by atoms with van der Waals surface area (Å²) in [4.78, 5) is 15.3. The molecule has 1 saturated heterocycles. The molecule has 2 amide bonds. The lowest BCUT2D eigenvalue weighted by Gasteiger charge is -2.12. The van der Waals surface area contributed by atoms with Gasteiger partial charge in [-0.15, -0.1) is 0 Å². The third-order valence-corrected chi connectivity index (χ3v) is 2.08. The van der Waals surface area contributed by atoms with Crippen LogP contribution >= 0.6 is 0 Å². The third kappa shape index (κ3) is 2.90. The number of rotatable bonds is 2. The Balaban J connectivity index is 1.82. The molecule has 1 aromatic rings. The third-order valence-electron chi connectivity index (χ3n) is 2.08. The lowest BCUT2D eigenvalue weighted by Crippen LogP contribution is -2.45. The number of nitrogens with zero attached hydrogens (tertiary/aromatic N) is 1. The molecule has 0 aliphatic carbocycles. The molecule has 6 heteroatoms. The van der Waals surface area contributed by atoms with E-state index in [9.17, 15) is 4.79 Å². The molecule has 1 fully saturated rings. The van der Waals surface area contributed by atoms with Crippen molar-refractivity contribution in [3.63, 3.8) is 0 Å². The van der Waals surface area contributed by atoms with Crippen molar-refractivity contribution in [3.8, 4) is 0 Å². The van der Waals surface area contributed by atoms with E-state index < -0.39 is 0 Å². The highest BCUT2D eigenvalue weighted by atomic mass is 16.2. The maximum Gasteiger partial charge on any atom is 0.320 e. The second-order valence-electron chi connectivity index (χ2n) is 3.25. The van der Waals surface area contributed by atoms with Crippen molar-refractivity contribution < 1.29 is 4.79 Å². The summed E-state index contributed by atoms with van der Waals surface area (Å²) in [5, 5.41) is 5.49. The zero-order valence-electron chi connectivity index (χ0n) is 8.16. The number of carbonyl (C=O) groups excluding carboxylic acids is 1. The molecule has 1 aliphatic heterocycles. The highest BCUT2D eigenvalue weighted by Gasteiger charge is 2.15. The van der Waals surface area contributed by atoms with E-state index in [0.29, 0.717) is 0 Å². The average Bonchev–Trinajstić information content (AvgIpc) is 2.71. The molecular formula is C9H13N5O. The zero-order chi connectivity index (χ0) is 10.5. The molecule has 2 rings (SSSR count). The van der Waals surface area contributed by atoms with Gasteiger partial charge < -0.3 is 10.6 Å². The summed E-state index contributed by atoms with van der Waals surface area (Å²) in [5.74, 6) is 0. The Morgan fingerprint density at radius 1 is 1.47 bits per heavy atom. The Kier molecular flexibility index (Phi) is 3.11. The van der Waals surface area contributed by atoms with Crippen molar-refractivity contribution in [2.45, 2.75) is 12.6 Å². The first-order valence-electron chi connectivity index (χ1n) is 4.80. The normalized spacial score (nSPS) is 19.9. The summed E-state index contributed by atoms with van der Waals surface area (Å²) in [5.41, 5.74) is 6.61. The van der Waals surface area contributed by atoms with Crippen LogP contribution in [0.25, 0.3) is 0 Å². The molecule has 4 N–H and O–H groups in total. The van der Waals surface area contributed by atoms with E-state index in [4.69, 9.17) is 0 Å². The van der Waals surface area contributed by atoms with E-state index in [-0.39, 0.29) is 12.2 Å². The summed E-state index contributed by atoms with van der Waals surface area (Å²) >= 11 is 0. The molecule has 15 heavy (non-hydrogen) atoms. The first-order chi connectivity index (χ1) is 7.34. The number of aromatic nitrogens is 1. The monoisotopic (exact) mass is 207 g/mol. The molecule has 0 radical (unpaired) electrons. The van der Waals surface area contributed by atoms with Crippen LogP contribution in [-0.2, 0) is 0 Å². The number of hydrazine groups is 1. The smallest absolute Gasteiger partial charge is 0.320 e. The maximum absolute atomic E-state index is 11.5. The molecule has 1 unspecified atom stereocenters. The number of urea groups is 1. The van der Waals surface area contributed by atoms with Crippen LogP contribution in [-0.4, -0.2) is 23.7 Å². The fourth-order valence-electron chi connectivity index (χ4n) is 1.35. The molecule has 6 nitrogen and oxygen atoms in total. The first kappa shape index (κ1) is 9.88. The van der Waals surface area contributed by atoms with Gasteiger partial charge in [0.15, 0.2) is 0 Å². The fraction of sp³-hybridized carbons (Fsp3) is 0.333. The van der Waals surface area contributed by atoms with Crippen molar-refractivity contribution in [1.82, 2.24) is 21.2 Å². The summed E-state index contributed by atoms with van der Waals surface area (Å²) in [6, 6.07) is 3.25. The summed E-state index contributed by atoms with van der Waals surface area (Å²) in [6.45, 7) is 0.861. The zero-order valence-corrected chi connectivity index (χ0v) is 8.16. The number of pyridine rings is 1. The summed E-state index contributed by atoms with van der Waals surface area (Å²) in [7, 11) is 0. The molecular weight excluding hydrogens is 194 g/mol. The molecule has 1 aliphatic rings. The minimum atomic E-state index is -0.220. The molecule has 0 bridgehead atoms. The van der Waals surface area contributed by atoms with E-state index in [2.05, 4.69) is 26.5 Å². The highest BCUT2D eigenvalue weighted by Crippen LogP contribution is 2.02. The van der Waals surface area contributed by atoms with Crippen LogP contribution in [0, 0.1) is 0 Å². The second kappa shape index (κ2) is 4.72. The van der Waals surface area contributed by atoms with Gasteiger partial charge in [-0.2, -0.15) is 0 Å². The number of amides is 2. The number of anilines is 1. The fourth-order valence-corrected chi connectivity index (χ4v) is 1.35. The van der Waals surface area contributed by atoms with Crippen molar-refractivity contribution in [2.24, 2.45) is 0 Å². The quantitative estimate of drug-likeness (QED) is 0.551. The van der Waals surface area contributed by atoms with Crippen LogP contribution in [0.5, 0.6) is 0 Å². The van der Waals surface area contributed by atoms with Gasteiger partial charge in [0, 0.05) is 24.6 Å². The predicted molar refractivity (Wildman–Crippen MR) is 55.9 cm³/mol. The predicted octanol–water partition coefficient (Wildman–Crippen LogP) is 0.0271. The van der Waals surface area contributed by atoms with Gasteiger partial charge in [0.25, 0.3) is 0 Å². The van der Waals surface area contributed by atoms with Crippen LogP contribution in [0.2, 0.25) is 0 Å². The number of hydrogen-bond donors (Lipinski definition) is 4. The van der Waals surface area contributed by atoms with Gasteiger partial charge in [-0.05, 0) is 18.6 Å². The Bertz CT molecular complexity index is 323. The van der Waals surface area contributed by atoms with E-state index >= 15 is 0 Å². The van der Waals surface area contributed by atoms with Gasteiger partial charge in [0.05, 0.1) is 6.17 Å². The molecule has 0 saturated carbocycles. The second-order valence-corrected chi connectivity index (χ2v) is 3.25.